The van der Waals surface area contributed by atoms with Crippen LogP contribution in [0.1, 0.15) is 62.6 Å². The molecule has 0 spiro atoms. The smallest absolute Gasteiger partial charge is 0.271 e. The molecule has 0 atom stereocenters. The Morgan fingerprint density at radius 3 is 2.55 bits per heavy atom. The van der Waals surface area contributed by atoms with Crippen molar-refractivity contribution >= 4 is 11.6 Å². The monoisotopic (exact) mass is 278 g/mol. The van der Waals surface area contributed by atoms with Crippen molar-refractivity contribution < 1.29 is 4.79 Å². The number of amides is 1. The SMILES string of the molecule is CCc1nn(C)c(C(=O)NC2CCC(C)(C)CC2)c1N. The molecule has 1 heterocycles. The minimum Gasteiger partial charge on any atom is -0.395 e. The van der Waals surface area contributed by atoms with Crippen LogP contribution in [0.15, 0.2) is 0 Å². The van der Waals surface area contributed by atoms with Crippen molar-refractivity contribution in [3.8, 4) is 0 Å². The van der Waals surface area contributed by atoms with Crippen molar-refractivity contribution in [2.45, 2.75) is 58.9 Å². The number of nitrogen functional groups attached to an aromatic ring is 1. The Morgan fingerprint density at radius 1 is 1.45 bits per heavy atom. The first-order chi connectivity index (χ1) is 9.34. The highest BCUT2D eigenvalue weighted by atomic mass is 16.2. The number of hydrogen-bond acceptors (Lipinski definition) is 3. The lowest BCUT2D eigenvalue weighted by Crippen LogP contribution is -2.40. The van der Waals surface area contributed by atoms with E-state index < -0.39 is 0 Å². The number of nitrogens with one attached hydrogen (secondary N) is 1. The Hall–Kier alpha value is -1.52. The van der Waals surface area contributed by atoms with E-state index in [1.54, 1.807) is 11.7 Å². The van der Waals surface area contributed by atoms with Crippen LogP contribution in [0.5, 0.6) is 0 Å². The molecule has 5 heteroatoms. The highest BCUT2D eigenvalue weighted by molar-refractivity contribution is 5.98. The lowest BCUT2D eigenvalue weighted by molar-refractivity contribution is 0.0900. The van der Waals surface area contributed by atoms with Gasteiger partial charge in [-0.25, -0.2) is 0 Å². The normalized spacial score (nSPS) is 19.0. The summed E-state index contributed by atoms with van der Waals surface area (Å²) in [6, 6.07) is 0.259. The summed E-state index contributed by atoms with van der Waals surface area (Å²) in [4.78, 5) is 12.4. The molecule has 5 nitrogen and oxygen atoms in total. The lowest BCUT2D eigenvalue weighted by atomic mass is 9.75. The number of aromatic nitrogens is 2. The van der Waals surface area contributed by atoms with Gasteiger partial charge < -0.3 is 11.1 Å². The predicted molar refractivity (Wildman–Crippen MR) is 80.5 cm³/mol. The molecule has 1 aromatic heterocycles. The van der Waals surface area contributed by atoms with E-state index >= 15 is 0 Å². The maximum absolute atomic E-state index is 12.4. The lowest BCUT2D eigenvalue weighted by Gasteiger charge is -2.34. The molecule has 0 aromatic carbocycles. The summed E-state index contributed by atoms with van der Waals surface area (Å²) in [7, 11) is 1.77. The van der Waals surface area contributed by atoms with Gasteiger partial charge in [0.25, 0.3) is 5.91 Å². The van der Waals surface area contributed by atoms with Gasteiger partial charge in [0.05, 0.1) is 11.4 Å². The Labute approximate surface area is 120 Å². The summed E-state index contributed by atoms with van der Waals surface area (Å²) in [6.45, 7) is 6.57. The zero-order valence-electron chi connectivity index (χ0n) is 13.0. The van der Waals surface area contributed by atoms with Gasteiger partial charge in [-0.2, -0.15) is 5.10 Å². The molecule has 0 saturated heterocycles. The van der Waals surface area contributed by atoms with Crippen molar-refractivity contribution in [1.29, 1.82) is 0 Å². The quantitative estimate of drug-likeness (QED) is 0.890. The van der Waals surface area contributed by atoms with Gasteiger partial charge in [0.1, 0.15) is 5.69 Å². The van der Waals surface area contributed by atoms with Gasteiger partial charge in [-0.05, 0) is 37.5 Å². The van der Waals surface area contributed by atoms with Crippen molar-refractivity contribution in [3.05, 3.63) is 11.4 Å². The van der Waals surface area contributed by atoms with E-state index in [0.29, 0.717) is 16.8 Å². The van der Waals surface area contributed by atoms with Gasteiger partial charge in [0.2, 0.25) is 0 Å². The molecule has 112 valence electrons. The summed E-state index contributed by atoms with van der Waals surface area (Å²) < 4.78 is 1.59. The van der Waals surface area contributed by atoms with Crippen LogP contribution in [0, 0.1) is 5.41 Å². The van der Waals surface area contributed by atoms with E-state index in [1.165, 1.54) is 0 Å². The van der Waals surface area contributed by atoms with Gasteiger partial charge in [-0.15, -0.1) is 0 Å². The summed E-state index contributed by atoms with van der Waals surface area (Å²) in [5, 5.41) is 7.41. The number of hydrogen-bond donors (Lipinski definition) is 2. The van der Waals surface area contributed by atoms with Crippen LogP contribution >= 0.6 is 0 Å². The molecule has 0 unspecified atom stereocenters. The molecule has 1 fully saturated rings. The van der Waals surface area contributed by atoms with Crippen LogP contribution in [-0.2, 0) is 13.5 Å². The molecule has 20 heavy (non-hydrogen) atoms. The molecule has 1 saturated carbocycles. The standard InChI is InChI=1S/C15H26N4O/c1-5-11-12(16)13(19(4)18-11)14(20)17-10-6-8-15(2,3)9-7-10/h10H,5-9,16H2,1-4H3,(H,17,20). The molecule has 1 aromatic rings. The van der Waals surface area contributed by atoms with Crippen LogP contribution in [0.2, 0.25) is 0 Å². The molecule has 2 rings (SSSR count). The largest absolute Gasteiger partial charge is 0.395 e. The summed E-state index contributed by atoms with van der Waals surface area (Å²) in [5.41, 5.74) is 8.23. The number of nitrogens with two attached hydrogens (primary N) is 1. The molecular formula is C15H26N4O. The molecule has 0 aliphatic heterocycles. The third-order valence-corrected chi connectivity index (χ3v) is 4.38. The third-order valence-electron chi connectivity index (χ3n) is 4.38. The number of carbonyl (C=O) groups is 1. The number of anilines is 1. The molecule has 1 aliphatic rings. The Kier molecular flexibility index (Phi) is 4.06. The number of nitrogens with zero attached hydrogens (tertiary/aromatic N) is 2. The second kappa shape index (κ2) is 5.46. The van der Waals surface area contributed by atoms with Crippen LogP contribution in [0.4, 0.5) is 5.69 Å². The topological polar surface area (TPSA) is 72.9 Å². The van der Waals surface area contributed by atoms with E-state index in [2.05, 4.69) is 24.3 Å². The zero-order valence-corrected chi connectivity index (χ0v) is 13.0. The maximum Gasteiger partial charge on any atom is 0.271 e. The molecule has 1 aliphatic carbocycles. The third kappa shape index (κ3) is 2.97. The van der Waals surface area contributed by atoms with Gasteiger partial charge in [-0.3, -0.25) is 9.48 Å². The van der Waals surface area contributed by atoms with Crippen LogP contribution in [0.3, 0.4) is 0 Å². The number of aryl methyl sites for hydroxylation is 2. The first kappa shape index (κ1) is 14.9. The highest BCUT2D eigenvalue weighted by Crippen LogP contribution is 2.35. The zero-order chi connectivity index (χ0) is 14.9. The fourth-order valence-corrected chi connectivity index (χ4v) is 2.92. The second-order valence-electron chi connectivity index (χ2n) is 6.60. The Morgan fingerprint density at radius 2 is 2.05 bits per heavy atom. The minimum absolute atomic E-state index is 0.0955. The van der Waals surface area contributed by atoms with Gasteiger partial charge in [0.15, 0.2) is 0 Å². The van der Waals surface area contributed by atoms with Gasteiger partial charge >= 0.3 is 0 Å². The minimum atomic E-state index is -0.0955. The van der Waals surface area contributed by atoms with Gasteiger partial charge in [-0.1, -0.05) is 20.8 Å². The predicted octanol–water partition coefficient (Wildman–Crippen LogP) is 2.26. The van der Waals surface area contributed by atoms with Crippen LogP contribution in [-0.4, -0.2) is 21.7 Å². The van der Waals surface area contributed by atoms with Crippen LogP contribution < -0.4 is 11.1 Å². The number of carbonyl (C=O) groups excluding carboxylic acids is 1. The van der Waals surface area contributed by atoms with Crippen molar-refractivity contribution in [1.82, 2.24) is 15.1 Å². The Bertz CT molecular complexity index is 494. The molecule has 3 N–H and O–H groups in total. The molecule has 0 radical (unpaired) electrons. The molecule has 1 amide bonds. The fourth-order valence-electron chi connectivity index (χ4n) is 2.92. The average molecular weight is 278 g/mol. The summed E-state index contributed by atoms with van der Waals surface area (Å²) in [6.07, 6.45) is 5.12. The summed E-state index contributed by atoms with van der Waals surface area (Å²) in [5.74, 6) is -0.0955. The summed E-state index contributed by atoms with van der Waals surface area (Å²) >= 11 is 0. The average Bonchev–Trinajstić information content (AvgIpc) is 2.67. The first-order valence-electron chi connectivity index (χ1n) is 7.46. The van der Waals surface area contributed by atoms with E-state index in [1.807, 2.05) is 6.92 Å². The van der Waals surface area contributed by atoms with E-state index in [4.69, 9.17) is 5.73 Å². The maximum atomic E-state index is 12.4. The van der Waals surface area contributed by atoms with Crippen molar-refractivity contribution in [2.24, 2.45) is 12.5 Å². The molecule has 0 bridgehead atoms. The van der Waals surface area contributed by atoms with Crippen LogP contribution in [0.25, 0.3) is 0 Å². The Balaban J connectivity index is 2.04. The van der Waals surface area contributed by atoms with E-state index in [9.17, 15) is 4.79 Å². The van der Waals surface area contributed by atoms with Crippen molar-refractivity contribution in [2.75, 3.05) is 5.73 Å². The number of rotatable bonds is 3. The fraction of sp³-hybridized carbons (Fsp3) is 0.733. The highest BCUT2D eigenvalue weighted by Gasteiger charge is 2.29. The first-order valence-corrected chi connectivity index (χ1v) is 7.46. The van der Waals surface area contributed by atoms with Gasteiger partial charge in [0, 0.05) is 13.1 Å². The molecular weight excluding hydrogens is 252 g/mol. The van der Waals surface area contributed by atoms with Crippen molar-refractivity contribution in [3.63, 3.8) is 0 Å². The second-order valence-corrected chi connectivity index (χ2v) is 6.60. The van der Waals surface area contributed by atoms with E-state index in [0.717, 1.165) is 37.8 Å². The van der Waals surface area contributed by atoms with E-state index in [-0.39, 0.29) is 11.9 Å².